The Balaban J connectivity index is 2.10. The highest BCUT2D eigenvalue weighted by atomic mass is 16.8. The lowest BCUT2D eigenvalue weighted by atomic mass is 10.2. The summed E-state index contributed by atoms with van der Waals surface area (Å²) in [6.45, 7) is 2.12. The van der Waals surface area contributed by atoms with Gasteiger partial charge in [-0.15, -0.1) is 0 Å². The van der Waals surface area contributed by atoms with Gasteiger partial charge in [0.1, 0.15) is 12.8 Å². The average Bonchev–Trinajstić information content (AvgIpc) is 2.63. The molecule has 1 N–H and O–H groups in total. The number of pyridine rings is 1. The maximum Gasteiger partial charge on any atom is 0.511 e. The zero-order chi connectivity index (χ0) is 19.8. The van der Waals surface area contributed by atoms with Crippen molar-refractivity contribution in [3.05, 3.63) is 28.2 Å². The Kier molecular flexibility index (Phi) is 7.44. The third-order valence-electron chi connectivity index (χ3n) is 3.74. The molecule has 0 fully saturated rings. The average molecular weight is 385 g/mol. The zero-order valence-electron chi connectivity index (χ0n) is 15.4. The molecule has 1 aliphatic rings. The molecule has 150 valence electrons. The van der Waals surface area contributed by atoms with Crippen LogP contribution in [0.25, 0.3) is 0 Å². The summed E-state index contributed by atoms with van der Waals surface area (Å²) >= 11 is 0. The van der Waals surface area contributed by atoms with Crippen molar-refractivity contribution >= 4 is 12.1 Å². The zero-order valence-corrected chi connectivity index (χ0v) is 15.4. The molecule has 11 heteroatoms. The van der Waals surface area contributed by atoms with E-state index in [4.69, 9.17) is 23.7 Å². The number of ether oxygens (including phenoxy) is 5. The van der Waals surface area contributed by atoms with Gasteiger partial charge in [0, 0.05) is 33.0 Å². The summed E-state index contributed by atoms with van der Waals surface area (Å²) in [5, 5.41) is 0. The SMILES string of the molecule is COCCOC(=O)OCOc1c2n(ccc1=O)NC(C)N(CCOC)C2=O. The Morgan fingerprint density at radius 2 is 1.89 bits per heavy atom. The molecule has 27 heavy (non-hydrogen) atoms. The molecule has 0 bridgehead atoms. The normalized spacial score (nSPS) is 15.7. The third-order valence-corrected chi connectivity index (χ3v) is 3.74. The van der Waals surface area contributed by atoms with Crippen LogP contribution in [0.3, 0.4) is 0 Å². The standard InChI is InChI=1S/C16H23N3O8/c1-11-17-19-5-4-12(20)14(13(19)15(21)18(11)6-7-23-2)26-10-27-16(22)25-9-8-24-3/h4-5,11,17H,6-10H2,1-3H3. The van der Waals surface area contributed by atoms with E-state index in [1.165, 1.54) is 36.1 Å². The number of rotatable bonds is 9. The summed E-state index contributed by atoms with van der Waals surface area (Å²) in [7, 11) is 2.99. The summed E-state index contributed by atoms with van der Waals surface area (Å²) in [6, 6.07) is 1.24. The van der Waals surface area contributed by atoms with Crippen LogP contribution in [0.4, 0.5) is 4.79 Å². The molecule has 0 aliphatic carbocycles. The van der Waals surface area contributed by atoms with Gasteiger partial charge in [0.05, 0.1) is 13.2 Å². The predicted molar refractivity (Wildman–Crippen MR) is 92.2 cm³/mol. The minimum Gasteiger partial charge on any atom is -0.451 e. The lowest BCUT2D eigenvalue weighted by Crippen LogP contribution is -2.53. The third kappa shape index (κ3) is 5.11. The van der Waals surface area contributed by atoms with Gasteiger partial charge in [0.25, 0.3) is 5.91 Å². The molecule has 0 saturated carbocycles. The highest BCUT2D eigenvalue weighted by molar-refractivity contribution is 5.96. The number of nitrogens with one attached hydrogen (secondary N) is 1. The minimum absolute atomic E-state index is 0.00746. The number of hydrogen-bond acceptors (Lipinski definition) is 9. The molecule has 1 aromatic heterocycles. The molecular weight excluding hydrogens is 362 g/mol. The Hall–Kier alpha value is -2.79. The van der Waals surface area contributed by atoms with Gasteiger partial charge in [-0.05, 0) is 6.92 Å². The van der Waals surface area contributed by atoms with E-state index in [1.807, 2.05) is 0 Å². The fraction of sp³-hybridized carbons (Fsp3) is 0.562. The first-order valence-corrected chi connectivity index (χ1v) is 8.23. The molecule has 0 aromatic carbocycles. The van der Waals surface area contributed by atoms with Crippen LogP contribution in [0, 0.1) is 0 Å². The van der Waals surface area contributed by atoms with Gasteiger partial charge in [-0.25, -0.2) is 4.79 Å². The Labute approximate surface area is 155 Å². The molecule has 1 aromatic rings. The van der Waals surface area contributed by atoms with E-state index in [9.17, 15) is 14.4 Å². The maximum atomic E-state index is 12.8. The van der Waals surface area contributed by atoms with E-state index in [1.54, 1.807) is 6.92 Å². The number of nitrogens with zero attached hydrogens (tertiary/aromatic N) is 2. The number of carbonyl (C=O) groups excluding carboxylic acids is 2. The Morgan fingerprint density at radius 1 is 1.15 bits per heavy atom. The highest BCUT2D eigenvalue weighted by Gasteiger charge is 2.33. The van der Waals surface area contributed by atoms with Crippen LogP contribution in [0.15, 0.2) is 17.1 Å². The van der Waals surface area contributed by atoms with Crippen molar-refractivity contribution in [1.82, 2.24) is 9.58 Å². The molecule has 1 amide bonds. The second-order valence-corrected chi connectivity index (χ2v) is 5.52. The van der Waals surface area contributed by atoms with Crippen molar-refractivity contribution in [2.24, 2.45) is 0 Å². The second-order valence-electron chi connectivity index (χ2n) is 5.52. The van der Waals surface area contributed by atoms with E-state index in [2.05, 4.69) is 5.43 Å². The van der Waals surface area contributed by atoms with Crippen molar-refractivity contribution in [3.63, 3.8) is 0 Å². The van der Waals surface area contributed by atoms with Crippen molar-refractivity contribution < 1.29 is 33.3 Å². The van der Waals surface area contributed by atoms with Gasteiger partial charge < -0.3 is 34.0 Å². The number of fused-ring (bicyclic) bond motifs is 1. The van der Waals surface area contributed by atoms with Crippen LogP contribution in [0.2, 0.25) is 0 Å². The molecule has 2 heterocycles. The molecule has 0 radical (unpaired) electrons. The van der Waals surface area contributed by atoms with Gasteiger partial charge >= 0.3 is 6.16 Å². The first kappa shape index (κ1) is 20.5. The molecule has 1 aliphatic heterocycles. The van der Waals surface area contributed by atoms with E-state index in [0.717, 1.165) is 0 Å². The minimum atomic E-state index is -0.975. The fourth-order valence-electron chi connectivity index (χ4n) is 2.42. The lowest BCUT2D eigenvalue weighted by molar-refractivity contribution is -0.00507. The summed E-state index contributed by atoms with van der Waals surface area (Å²) in [4.78, 5) is 37.9. The van der Waals surface area contributed by atoms with Crippen LogP contribution >= 0.6 is 0 Å². The molecule has 1 atom stereocenters. The Morgan fingerprint density at radius 3 is 2.59 bits per heavy atom. The highest BCUT2D eigenvalue weighted by Crippen LogP contribution is 2.20. The number of hydrogen-bond donors (Lipinski definition) is 1. The summed E-state index contributed by atoms with van der Waals surface area (Å²) in [5.41, 5.74) is 2.54. The van der Waals surface area contributed by atoms with Crippen molar-refractivity contribution in [3.8, 4) is 5.75 Å². The molecule has 0 spiro atoms. The second kappa shape index (κ2) is 9.78. The van der Waals surface area contributed by atoms with Gasteiger partial charge in [0.2, 0.25) is 18.0 Å². The van der Waals surface area contributed by atoms with Crippen LogP contribution in [-0.4, -0.2) is 75.2 Å². The number of aromatic nitrogens is 1. The van der Waals surface area contributed by atoms with Gasteiger partial charge in [-0.2, -0.15) is 0 Å². The van der Waals surface area contributed by atoms with Crippen LogP contribution in [0.1, 0.15) is 17.4 Å². The molecule has 11 nitrogen and oxygen atoms in total. The largest absolute Gasteiger partial charge is 0.511 e. The van der Waals surface area contributed by atoms with Gasteiger partial charge in [-0.3, -0.25) is 14.3 Å². The van der Waals surface area contributed by atoms with Crippen molar-refractivity contribution in [1.29, 1.82) is 0 Å². The van der Waals surface area contributed by atoms with Crippen LogP contribution in [0.5, 0.6) is 5.75 Å². The number of amides is 1. The molecule has 2 rings (SSSR count). The molecular formula is C16H23N3O8. The maximum absolute atomic E-state index is 12.8. The molecule has 0 saturated heterocycles. The topological polar surface area (TPSA) is 118 Å². The van der Waals surface area contributed by atoms with E-state index < -0.39 is 24.3 Å². The molecule has 1 unspecified atom stereocenters. The lowest BCUT2D eigenvalue weighted by Gasteiger charge is -2.37. The predicted octanol–water partition coefficient (Wildman–Crippen LogP) is -0.0241. The first-order chi connectivity index (χ1) is 13.0. The summed E-state index contributed by atoms with van der Waals surface area (Å²) in [5.74, 6) is -0.636. The number of methoxy groups -OCH3 is 2. The van der Waals surface area contributed by atoms with E-state index in [0.29, 0.717) is 13.2 Å². The van der Waals surface area contributed by atoms with Crippen LogP contribution in [-0.2, 0) is 18.9 Å². The summed E-state index contributed by atoms with van der Waals surface area (Å²) < 4.78 is 25.9. The number of carbonyl (C=O) groups is 2. The van der Waals surface area contributed by atoms with Crippen molar-refractivity contribution in [2.45, 2.75) is 13.1 Å². The monoisotopic (exact) mass is 385 g/mol. The Bertz CT molecular complexity index is 720. The summed E-state index contributed by atoms with van der Waals surface area (Å²) in [6.07, 6.45) is 0.145. The van der Waals surface area contributed by atoms with Crippen LogP contribution < -0.4 is 15.6 Å². The van der Waals surface area contributed by atoms with Gasteiger partial charge in [0.15, 0.2) is 5.69 Å². The van der Waals surface area contributed by atoms with Gasteiger partial charge in [-0.1, -0.05) is 0 Å². The van der Waals surface area contributed by atoms with E-state index in [-0.39, 0.29) is 30.8 Å². The fourth-order valence-corrected chi connectivity index (χ4v) is 2.42. The smallest absolute Gasteiger partial charge is 0.451 e. The van der Waals surface area contributed by atoms with E-state index >= 15 is 0 Å². The quantitative estimate of drug-likeness (QED) is 0.355. The van der Waals surface area contributed by atoms with Crippen molar-refractivity contribution in [2.75, 3.05) is 52.8 Å². The first-order valence-electron chi connectivity index (χ1n) is 8.23.